The first-order chi connectivity index (χ1) is 4.66. The number of carboxylic acids is 1. The molecule has 0 aliphatic rings. The van der Waals surface area contributed by atoms with Gasteiger partial charge in [-0.1, -0.05) is 13.0 Å². The molecule has 58 valence electrons. The van der Waals surface area contributed by atoms with Gasteiger partial charge in [-0.25, -0.2) is 0 Å². The fraction of sp³-hybridized carbons (Fsp3) is 0.625. The molecule has 0 heterocycles. The number of hydrogen-bond donors (Lipinski definition) is 1. The van der Waals surface area contributed by atoms with Crippen LogP contribution < -0.4 is 0 Å². The third kappa shape index (κ3) is 5.35. The normalized spacial score (nSPS) is 12.5. The molecule has 0 fully saturated rings. The summed E-state index contributed by atoms with van der Waals surface area (Å²) in [5, 5.41) is 8.30. The molecule has 0 aliphatic heterocycles. The first-order valence-corrected chi connectivity index (χ1v) is 3.49. The maximum atomic E-state index is 10.1. The largest absolute Gasteiger partial charge is 0.481 e. The zero-order chi connectivity index (χ0) is 7.98. The van der Waals surface area contributed by atoms with Crippen molar-refractivity contribution >= 4 is 5.97 Å². The Kier molecular flexibility index (Phi) is 4.63. The number of hydrogen-bond acceptors (Lipinski definition) is 1. The first kappa shape index (κ1) is 9.21. The second-order valence-corrected chi connectivity index (χ2v) is 2.56. The van der Waals surface area contributed by atoms with Crippen LogP contribution >= 0.6 is 0 Å². The van der Waals surface area contributed by atoms with Crippen LogP contribution in [0.1, 0.15) is 26.2 Å². The van der Waals surface area contributed by atoms with Gasteiger partial charge >= 0.3 is 5.97 Å². The van der Waals surface area contributed by atoms with Gasteiger partial charge in [0.2, 0.25) is 0 Å². The van der Waals surface area contributed by atoms with Gasteiger partial charge in [0.05, 0.1) is 0 Å². The lowest BCUT2D eigenvalue weighted by molar-refractivity contribution is -0.137. The summed E-state index contributed by atoms with van der Waals surface area (Å²) in [6.45, 7) is 5.61. The molecule has 0 amide bonds. The summed E-state index contributed by atoms with van der Waals surface area (Å²) in [4.78, 5) is 10.1. The van der Waals surface area contributed by atoms with Crippen molar-refractivity contribution in [3.05, 3.63) is 12.7 Å². The molecule has 1 atom stereocenters. The van der Waals surface area contributed by atoms with Crippen molar-refractivity contribution in [1.29, 1.82) is 0 Å². The van der Waals surface area contributed by atoms with Crippen molar-refractivity contribution in [2.45, 2.75) is 26.2 Å². The summed E-state index contributed by atoms with van der Waals surface area (Å²) in [5.41, 5.74) is 0. The molecule has 0 radical (unpaired) electrons. The van der Waals surface area contributed by atoms with E-state index in [1.54, 1.807) is 0 Å². The quantitative estimate of drug-likeness (QED) is 0.596. The lowest BCUT2D eigenvalue weighted by atomic mass is 10.0. The third-order valence-corrected chi connectivity index (χ3v) is 1.42. The Morgan fingerprint density at radius 1 is 1.80 bits per heavy atom. The molecular weight excluding hydrogens is 128 g/mol. The fourth-order valence-corrected chi connectivity index (χ4v) is 0.772. The zero-order valence-electron chi connectivity index (χ0n) is 6.34. The van der Waals surface area contributed by atoms with Gasteiger partial charge in [0, 0.05) is 6.42 Å². The fourth-order valence-electron chi connectivity index (χ4n) is 0.772. The minimum atomic E-state index is -0.712. The first-order valence-electron chi connectivity index (χ1n) is 3.49. The molecule has 0 aromatic heterocycles. The Bertz CT molecular complexity index is 118. The van der Waals surface area contributed by atoms with Crippen LogP contribution in [0.5, 0.6) is 0 Å². The van der Waals surface area contributed by atoms with Gasteiger partial charge in [-0.2, -0.15) is 0 Å². The van der Waals surface area contributed by atoms with Crippen molar-refractivity contribution in [3.63, 3.8) is 0 Å². The Morgan fingerprint density at radius 3 is 2.80 bits per heavy atom. The van der Waals surface area contributed by atoms with E-state index in [-0.39, 0.29) is 6.42 Å². The zero-order valence-corrected chi connectivity index (χ0v) is 6.34. The van der Waals surface area contributed by atoms with Crippen LogP contribution in [0, 0.1) is 5.92 Å². The highest BCUT2D eigenvalue weighted by molar-refractivity contribution is 5.66. The highest BCUT2D eigenvalue weighted by Crippen LogP contribution is 2.09. The van der Waals surface area contributed by atoms with Gasteiger partial charge in [-0.3, -0.25) is 4.79 Å². The van der Waals surface area contributed by atoms with Crippen molar-refractivity contribution < 1.29 is 9.90 Å². The molecule has 0 unspecified atom stereocenters. The highest BCUT2D eigenvalue weighted by Gasteiger charge is 2.02. The standard InChI is InChI=1S/C8H14O2/c1-3-4-7(2)5-6-8(9)10/h3,7H,1,4-6H2,2H3,(H,9,10)/t7-/m0/s1. The Balaban J connectivity index is 3.29. The third-order valence-electron chi connectivity index (χ3n) is 1.42. The monoisotopic (exact) mass is 142 g/mol. The van der Waals surface area contributed by atoms with E-state index in [0.717, 1.165) is 12.8 Å². The van der Waals surface area contributed by atoms with Crippen LogP contribution in [0.15, 0.2) is 12.7 Å². The topological polar surface area (TPSA) is 37.3 Å². The number of rotatable bonds is 5. The molecule has 2 nitrogen and oxygen atoms in total. The molecule has 1 N–H and O–H groups in total. The van der Waals surface area contributed by atoms with Crippen LogP contribution in [0.4, 0.5) is 0 Å². The van der Waals surface area contributed by atoms with E-state index in [0.29, 0.717) is 5.92 Å². The maximum Gasteiger partial charge on any atom is 0.303 e. The number of carboxylic acid groups (broad SMARTS) is 1. The van der Waals surface area contributed by atoms with Crippen molar-refractivity contribution in [1.82, 2.24) is 0 Å². The van der Waals surface area contributed by atoms with Gasteiger partial charge in [0.1, 0.15) is 0 Å². The highest BCUT2D eigenvalue weighted by atomic mass is 16.4. The summed E-state index contributed by atoms with van der Waals surface area (Å²) in [5.74, 6) is -0.260. The molecule has 0 spiro atoms. The van der Waals surface area contributed by atoms with Gasteiger partial charge in [-0.15, -0.1) is 6.58 Å². The summed E-state index contributed by atoms with van der Waals surface area (Å²) < 4.78 is 0. The molecule has 0 saturated heterocycles. The lowest BCUT2D eigenvalue weighted by Crippen LogP contribution is -1.99. The molecule has 0 aromatic rings. The van der Waals surface area contributed by atoms with E-state index in [2.05, 4.69) is 6.58 Å². The van der Waals surface area contributed by atoms with Gasteiger partial charge in [0.15, 0.2) is 0 Å². The van der Waals surface area contributed by atoms with Crippen molar-refractivity contribution in [2.24, 2.45) is 5.92 Å². The molecule has 0 aliphatic carbocycles. The molecule has 0 bridgehead atoms. The lowest BCUT2D eigenvalue weighted by Gasteiger charge is -2.04. The number of carbonyl (C=O) groups is 1. The molecule has 0 saturated carbocycles. The summed E-state index contributed by atoms with van der Waals surface area (Å²) in [7, 11) is 0. The molecule has 0 aromatic carbocycles. The second-order valence-electron chi connectivity index (χ2n) is 2.56. The smallest absolute Gasteiger partial charge is 0.303 e. The Morgan fingerprint density at radius 2 is 2.40 bits per heavy atom. The van der Waals surface area contributed by atoms with Crippen LogP contribution in [-0.4, -0.2) is 11.1 Å². The summed E-state index contributed by atoms with van der Waals surface area (Å²) in [6.07, 6.45) is 3.76. The van der Waals surface area contributed by atoms with E-state index in [9.17, 15) is 4.79 Å². The van der Waals surface area contributed by atoms with Gasteiger partial charge in [0.25, 0.3) is 0 Å². The van der Waals surface area contributed by atoms with E-state index in [1.807, 2.05) is 13.0 Å². The van der Waals surface area contributed by atoms with E-state index in [4.69, 9.17) is 5.11 Å². The minimum absolute atomic E-state index is 0.273. The molecule has 0 rings (SSSR count). The van der Waals surface area contributed by atoms with Crippen LogP contribution in [0.3, 0.4) is 0 Å². The van der Waals surface area contributed by atoms with E-state index >= 15 is 0 Å². The molecule has 2 heteroatoms. The van der Waals surface area contributed by atoms with Crippen LogP contribution in [0.2, 0.25) is 0 Å². The minimum Gasteiger partial charge on any atom is -0.481 e. The molecule has 10 heavy (non-hydrogen) atoms. The Labute approximate surface area is 61.6 Å². The van der Waals surface area contributed by atoms with Crippen molar-refractivity contribution in [3.8, 4) is 0 Å². The average molecular weight is 142 g/mol. The predicted molar refractivity (Wildman–Crippen MR) is 40.8 cm³/mol. The van der Waals surface area contributed by atoms with Gasteiger partial charge < -0.3 is 5.11 Å². The van der Waals surface area contributed by atoms with Crippen LogP contribution in [0.25, 0.3) is 0 Å². The Hall–Kier alpha value is -0.790. The van der Waals surface area contributed by atoms with Crippen LogP contribution in [-0.2, 0) is 4.79 Å². The van der Waals surface area contributed by atoms with Gasteiger partial charge in [-0.05, 0) is 18.8 Å². The average Bonchev–Trinajstić information content (AvgIpc) is 1.85. The van der Waals surface area contributed by atoms with Crippen molar-refractivity contribution in [2.75, 3.05) is 0 Å². The predicted octanol–water partition coefficient (Wildman–Crippen LogP) is 2.06. The maximum absolute atomic E-state index is 10.1. The van der Waals surface area contributed by atoms with E-state index < -0.39 is 5.97 Å². The summed E-state index contributed by atoms with van der Waals surface area (Å²) in [6, 6.07) is 0. The summed E-state index contributed by atoms with van der Waals surface area (Å²) >= 11 is 0. The SMILES string of the molecule is C=CC[C@H](C)CCC(=O)O. The number of allylic oxidation sites excluding steroid dienone is 1. The van der Waals surface area contributed by atoms with E-state index in [1.165, 1.54) is 0 Å². The molecular formula is C8H14O2. The second kappa shape index (κ2) is 5.03. The number of aliphatic carboxylic acids is 1.